The molecule has 1 aromatic heterocycles. The maximum Gasteiger partial charge on any atom is 0.409 e. The number of hydrogen-bond donors (Lipinski definition) is 2. The molecular formula is C17H28N3O3S+. The van der Waals surface area contributed by atoms with Gasteiger partial charge in [0, 0.05) is 19.1 Å². The fourth-order valence-corrected chi connectivity index (χ4v) is 3.92. The van der Waals surface area contributed by atoms with Gasteiger partial charge in [0.25, 0.3) is 5.91 Å². The lowest BCUT2D eigenvalue weighted by atomic mass is 10.1. The molecule has 1 atom stereocenters. The molecule has 2 heterocycles. The van der Waals surface area contributed by atoms with Crippen LogP contribution in [0, 0.1) is 6.92 Å². The maximum absolute atomic E-state index is 12.2. The van der Waals surface area contributed by atoms with Crippen LogP contribution in [0.3, 0.4) is 0 Å². The van der Waals surface area contributed by atoms with Gasteiger partial charge < -0.3 is 19.9 Å². The Morgan fingerprint density at radius 1 is 1.42 bits per heavy atom. The molecule has 0 radical (unpaired) electrons. The predicted octanol–water partition coefficient (Wildman–Crippen LogP) is 0.808. The summed E-state index contributed by atoms with van der Waals surface area (Å²) in [4.78, 5) is 28.1. The Balaban J connectivity index is 1.69. The average molecular weight is 354 g/mol. The van der Waals surface area contributed by atoms with Crippen molar-refractivity contribution in [1.29, 1.82) is 0 Å². The van der Waals surface area contributed by atoms with E-state index in [1.54, 1.807) is 23.2 Å². The predicted molar refractivity (Wildman–Crippen MR) is 94.3 cm³/mol. The third kappa shape index (κ3) is 5.49. The van der Waals surface area contributed by atoms with E-state index in [-0.39, 0.29) is 18.0 Å². The van der Waals surface area contributed by atoms with Crippen LogP contribution >= 0.6 is 11.3 Å². The molecule has 1 saturated heterocycles. The first-order valence-corrected chi connectivity index (χ1v) is 9.43. The molecule has 1 aliphatic heterocycles. The largest absolute Gasteiger partial charge is 0.450 e. The minimum atomic E-state index is -0.252. The van der Waals surface area contributed by atoms with Crippen molar-refractivity contribution in [3.63, 3.8) is 0 Å². The summed E-state index contributed by atoms with van der Waals surface area (Å²) in [5.74, 6) is 0.0799. The summed E-state index contributed by atoms with van der Waals surface area (Å²) < 4.78 is 5.01. The zero-order valence-corrected chi connectivity index (χ0v) is 15.6. The standard InChI is InChI=1S/C17H27N3O3S/c1-4-23-17(22)20-8-5-14(6-9-20)18-16(21)12-19(3)11-15-13(2)7-10-24-15/h7,10,14H,4-6,8-9,11-12H2,1-3H3,(H,18,21)/p+1. The van der Waals surface area contributed by atoms with Gasteiger partial charge in [0.2, 0.25) is 0 Å². The van der Waals surface area contributed by atoms with E-state index in [9.17, 15) is 9.59 Å². The van der Waals surface area contributed by atoms with Crippen molar-refractivity contribution in [2.24, 2.45) is 0 Å². The van der Waals surface area contributed by atoms with Gasteiger partial charge in [-0.1, -0.05) is 0 Å². The Kier molecular flexibility index (Phi) is 7.05. The van der Waals surface area contributed by atoms with Crippen LogP contribution in [0.1, 0.15) is 30.2 Å². The summed E-state index contributed by atoms with van der Waals surface area (Å²) >= 11 is 1.75. The van der Waals surface area contributed by atoms with E-state index in [2.05, 4.69) is 23.7 Å². The van der Waals surface area contributed by atoms with Crippen LogP contribution in [-0.4, -0.2) is 56.2 Å². The van der Waals surface area contributed by atoms with Gasteiger partial charge in [-0.25, -0.2) is 4.79 Å². The molecule has 1 aromatic rings. The van der Waals surface area contributed by atoms with E-state index in [4.69, 9.17) is 4.74 Å². The van der Waals surface area contributed by atoms with Gasteiger partial charge in [-0.2, -0.15) is 0 Å². The first kappa shape index (κ1) is 18.7. The number of rotatable bonds is 6. The molecule has 0 saturated carbocycles. The Morgan fingerprint density at radius 3 is 2.71 bits per heavy atom. The monoisotopic (exact) mass is 354 g/mol. The van der Waals surface area contributed by atoms with E-state index in [1.807, 2.05) is 7.05 Å². The van der Waals surface area contributed by atoms with Crippen LogP contribution in [0.2, 0.25) is 0 Å². The summed E-state index contributed by atoms with van der Waals surface area (Å²) in [6.45, 7) is 6.93. The van der Waals surface area contributed by atoms with E-state index in [1.165, 1.54) is 15.3 Å². The second-order valence-electron chi connectivity index (χ2n) is 6.37. The lowest BCUT2D eigenvalue weighted by molar-refractivity contribution is -0.885. The number of nitrogens with one attached hydrogen (secondary N) is 2. The fourth-order valence-electron chi connectivity index (χ4n) is 2.90. The SMILES string of the molecule is CCOC(=O)N1CCC(NC(=O)C[NH+](C)Cc2sccc2C)CC1. The quantitative estimate of drug-likeness (QED) is 0.795. The summed E-state index contributed by atoms with van der Waals surface area (Å²) in [5, 5.41) is 5.19. The van der Waals surface area contributed by atoms with E-state index in [0.29, 0.717) is 26.2 Å². The van der Waals surface area contributed by atoms with Crippen LogP contribution in [-0.2, 0) is 16.1 Å². The molecule has 2 N–H and O–H groups in total. The lowest BCUT2D eigenvalue weighted by Crippen LogP contribution is -3.09. The lowest BCUT2D eigenvalue weighted by Gasteiger charge is -2.31. The van der Waals surface area contributed by atoms with Crippen molar-refractivity contribution in [1.82, 2.24) is 10.2 Å². The summed E-state index contributed by atoms with van der Waals surface area (Å²) in [6, 6.07) is 2.27. The molecule has 2 rings (SSSR count). The Hall–Kier alpha value is -1.60. The van der Waals surface area contributed by atoms with Gasteiger partial charge >= 0.3 is 6.09 Å². The Labute approximate surface area is 147 Å². The number of thiophene rings is 1. The second-order valence-corrected chi connectivity index (χ2v) is 7.37. The van der Waals surface area contributed by atoms with Crippen molar-refractivity contribution in [2.75, 3.05) is 33.3 Å². The zero-order valence-electron chi connectivity index (χ0n) is 14.8. The topological polar surface area (TPSA) is 63.1 Å². The number of piperidine rings is 1. The van der Waals surface area contributed by atoms with E-state index >= 15 is 0 Å². The molecule has 6 nitrogen and oxygen atoms in total. The second kappa shape index (κ2) is 9.03. The molecular weight excluding hydrogens is 326 g/mol. The van der Waals surface area contributed by atoms with Crippen molar-refractivity contribution < 1.29 is 19.2 Å². The molecule has 0 bridgehead atoms. The highest BCUT2D eigenvalue weighted by molar-refractivity contribution is 7.10. The van der Waals surface area contributed by atoms with Crippen molar-refractivity contribution in [3.05, 3.63) is 21.9 Å². The molecule has 1 aliphatic rings. The number of quaternary nitrogens is 1. The minimum absolute atomic E-state index is 0.0799. The molecule has 7 heteroatoms. The number of ether oxygens (including phenoxy) is 1. The third-order valence-corrected chi connectivity index (χ3v) is 5.30. The maximum atomic E-state index is 12.2. The van der Waals surface area contributed by atoms with Crippen LogP contribution in [0.4, 0.5) is 4.79 Å². The van der Waals surface area contributed by atoms with Crippen molar-refractivity contribution in [3.8, 4) is 0 Å². The zero-order chi connectivity index (χ0) is 17.5. The molecule has 2 amide bonds. The highest BCUT2D eigenvalue weighted by Gasteiger charge is 2.25. The van der Waals surface area contributed by atoms with Crippen LogP contribution in [0.25, 0.3) is 0 Å². The van der Waals surface area contributed by atoms with Crippen molar-refractivity contribution >= 4 is 23.3 Å². The van der Waals surface area contributed by atoms with E-state index < -0.39 is 0 Å². The van der Waals surface area contributed by atoms with Gasteiger partial charge in [-0.15, -0.1) is 11.3 Å². The molecule has 0 spiro atoms. The number of carbonyl (C=O) groups is 2. The van der Waals surface area contributed by atoms with Gasteiger partial charge in [-0.05, 0) is 43.7 Å². The molecule has 0 aromatic carbocycles. The first-order chi connectivity index (χ1) is 11.5. The van der Waals surface area contributed by atoms with Gasteiger partial charge in [0.1, 0.15) is 6.54 Å². The number of aryl methyl sites for hydroxylation is 1. The third-order valence-electron chi connectivity index (χ3n) is 4.28. The minimum Gasteiger partial charge on any atom is -0.450 e. The number of likely N-dealkylation sites (tertiary alicyclic amines) is 1. The van der Waals surface area contributed by atoms with Crippen molar-refractivity contribution in [2.45, 2.75) is 39.3 Å². The molecule has 134 valence electrons. The average Bonchev–Trinajstić information content (AvgIpc) is 2.93. The highest BCUT2D eigenvalue weighted by Crippen LogP contribution is 2.14. The number of carbonyl (C=O) groups excluding carboxylic acids is 2. The number of likely N-dealkylation sites (N-methyl/N-ethyl adjacent to an activating group) is 1. The van der Waals surface area contributed by atoms with Crippen LogP contribution < -0.4 is 10.2 Å². The van der Waals surface area contributed by atoms with Gasteiger partial charge in [0.15, 0.2) is 6.54 Å². The van der Waals surface area contributed by atoms with Crippen LogP contribution in [0.5, 0.6) is 0 Å². The van der Waals surface area contributed by atoms with Gasteiger partial charge in [0.05, 0.1) is 18.5 Å². The van der Waals surface area contributed by atoms with Gasteiger partial charge in [-0.3, -0.25) is 4.79 Å². The summed E-state index contributed by atoms with van der Waals surface area (Å²) in [6.07, 6.45) is 1.32. The Morgan fingerprint density at radius 2 is 2.12 bits per heavy atom. The first-order valence-electron chi connectivity index (χ1n) is 8.55. The molecule has 1 unspecified atom stereocenters. The van der Waals surface area contributed by atoms with Crippen LogP contribution in [0.15, 0.2) is 11.4 Å². The number of hydrogen-bond acceptors (Lipinski definition) is 4. The smallest absolute Gasteiger partial charge is 0.409 e. The summed E-state index contributed by atoms with van der Waals surface area (Å²) in [5.41, 5.74) is 1.30. The normalized spacial score (nSPS) is 16.7. The molecule has 0 aliphatic carbocycles. The number of nitrogens with zero attached hydrogens (tertiary/aromatic N) is 1. The summed E-state index contributed by atoms with van der Waals surface area (Å²) in [7, 11) is 2.04. The highest BCUT2D eigenvalue weighted by atomic mass is 32.1. The molecule has 1 fully saturated rings. The molecule has 24 heavy (non-hydrogen) atoms. The number of amides is 2. The Bertz CT molecular complexity index is 553. The van der Waals surface area contributed by atoms with E-state index in [0.717, 1.165) is 19.4 Å². The fraction of sp³-hybridized carbons (Fsp3) is 0.647.